The van der Waals surface area contributed by atoms with Crippen molar-refractivity contribution < 1.29 is 18.0 Å². The number of carbonyl (C=O) groups excluding carboxylic acids is 2. The van der Waals surface area contributed by atoms with E-state index in [0.717, 1.165) is 12.8 Å². The van der Waals surface area contributed by atoms with E-state index in [1.807, 2.05) is 4.90 Å². The van der Waals surface area contributed by atoms with Crippen molar-refractivity contribution in [2.24, 2.45) is 5.92 Å². The Morgan fingerprint density at radius 2 is 1.69 bits per heavy atom. The molecule has 7 nitrogen and oxygen atoms in total. The van der Waals surface area contributed by atoms with Gasteiger partial charge in [-0.15, -0.1) is 0 Å². The van der Waals surface area contributed by atoms with Crippen molar-refractivity contribution in [3.63, 3.8) is 0 Å². The molecule has 9 heteroatoms. The van der Waals surface area contributed by atoms with Crippen LogP contribution in [0, 0.1) is 5.92 Å². The van der Waals surface area contributed by atoms with E-state index >= 15 is 0 Å². The van der Waals surface area contributed by atoms with E-state index in [1.165, 1.54) is 6.26 Å². The van der Waals surface area contributed by atoms with Gasteiger partial charge in [0.15, 0.2) is 0 Å². The maximum atomic E-state index is 13.0. The average molecular weight is 442 g/mol. The molecule has 160 valence electrons. The number of sulfone groups is 1. The summed E-state index contributed by atoms with van der Waals surface area (Å²) >= 11 is 5.90. The minimum Gasteiger partial charge on any atom is -0.340 e. The summed E-state index contributed by atoms with van der Waals surface area (Å²) in [5.74, 6) is -0.000535. The van der Waals surface area contributed by atoms with Crippen molar-refractivity contribution in [3.8, 4) is 0 Å². The first-order valence-electron chi connectivity index (χ1n) is 9.96. The zero-order chi connectivity index (χ0) is 21.0. The minimum atomic E-state index is -2.98. The van der Waals surface area contributed by atoms with E-state index in [-0.39, 0.29) is 23.5 Å². The van der Waals surface area contributed by atoms with Gasteiger partial charge in [0.2, 0.25) is 5.91 Å². The summed E-state index contributed by atoms with van der Waals surface area (Å²) in [5.41, 5.74) is 0.585. The fourth-order valence-corrected chi connectivity index (χ4v) is 4.60. The molecule has 2 aliphatic rings. The number of rotatable bonds is 5. The lowest BCUT2D eigenvalue weighted by molar-refractivity contribution is -0.138. The average Bonchev–Trinajstić information content (AvgIpc) is 2.72. The number of hydrogen-bond acceptors (Lipinski definition) is 5. The van der Waals surface area contributed by atoms with Crippen LogP contribution >= 0.6 is 11.6 Å². The Morgan fingerprint density at radius 1 is 1.03 bits per heavy atom. The van der Waals surface area contributed by atoms with Crippen LogP contribution in [-0.4, -0.2) is 92.8 Å². The van der Waals surface area contributed by atoms with Gasteiger partial charge in [-0.25, -0.2) is 8.42 Å². The second kappa shape index (κ2) is 9.45. The molecule has 1 unspecified atom stereocenters. The molecular formula is C20H28ClN3O4S. The highest BCUT2D eigenvalue weighted by Crippen LogP contribution is 2.22. The zero-order valence-electron chi connectivity index (χ0n) is 16.7. The van der Waals surface area contributed by atoms with Crippen LogP contribution in [0.3, 0.4) is 0 Å². The number of piperidine rings is 1. The van der Waals surface area contributed by atoms with Crippen molar-refractivity contribution in [1.29, 1.82) is 0 Å². The van der Waals surface area contributed by atoms with Crippen LogP contribution in [-0.2, 0) is 14.6 Å². The predicted molar refractivity (Wildman–Crippen MR) is 113 cm³/mol. The number of amides is 2. The highest BCUT2D eigenvalue weighted by Gasteiger charge is 2.32. The van der Waals surface area contributed by atoms with Crippen LogP contribution in [0.1, 0.15) is 23.2 Å². The molecule has 0 N–H and O–H groups in total. The summed E-state index contributed by atoms with van der Waals surface area (Å²) in [5, 5.41) is 0.587. The molecule has 2 fully saturated rings. The second-order valence-corrected chi connectivity index (χ2v) is 10.6. The summed E-state index contributed by atoms with van der Waals surface area (Å²) in [4.78, 5) is 31.4. The molecule has 0 spiro atoms. The predicted octanol–water partition coefficient (Wildman–Crippen LogP) is 1.38. The molecule has 0 bridgehead atoms. The Labute approximate surface area is 177 Å². The Morgan fingerprint density at radius 3 is 2.31 bits per heavy atom. The van der Waals surface area contributed by atoms with Crippen molar-refractivity contribution in [2.75, 3.05) is 57.8 Å². The number of benzene rings is 1. The van der Waals surface area contributed by atoms with Gasteiger partial charge in [0.25, 0.3) is 5.91 Å². The van der Waals surface area contributed by atoms with Gasteiger partial charge in [0.1, 0.15) is 9.84 Å². The Kier molecular flexibility index (Phi) is 7.19. The topological polar surface area (TPSA) is 78.0 Å². The molecular weight excluding hydrogens is 414 g/mol. The van der Waals surface area contributed by atoms with Gasteiger partial charge in [0.05, 0.1) is 11.7 Å². The Hall–Kier alpha value is -1.64. The van der Waals surface area contributed by atoms with Crippen LogP contribution in [0.5, 0.6) is 0 Å². The number of likely N-dealkylation sites (tertiary alicyclic amines) is 1. The van der Waals surface area contributed by atoms with E-state index in [1.54, 1.807) is 29.2 Å². The molecule has 3 rings (SSSR count). The number of halogens is 1. The monoisotopic (exact) mass is 441 g/mol. The highest BCUT2D eigenvalue weighted by atomic mass is 35.5. The van der Waals surface area contributed by atoms with Gasteiger partial charge < -0.3 is 9.80 Å². The maximum Gasteiger partial charge on any atom is 0.253 e. The van der Waals surface area contributed by atoms with Crippen molar-refractivity contribution in [3.05, 3.63) is 34.9 Å². The summed E-state index contributed by atoms with van der Waals surface area (Å²) in [6, 6.07) is 6.83. The zero-order valence-corrected chi connectivity index (χ0v) is 18.3. The quantitative estimate of drug-likeness (QED) is 0.689. The Balaban J connectivity index is 1.52. The summed E-state index contributed by atoms with van der Waals surface area (Å²) in [6.45, 7) is 4.17. The van der Waals surface area contributed by atoms with Crippen LogP contribution in [0.2, 0.25) is 5.02 Å². The third-order valence-electron chi connectivity index (χ3n) is 5.61. The maximum absolute atomic E-state index is 13.0. The van der Waals surface area contributed by atoms with Crippen molar-refractivity contribution in [1.82, 2.24) is 14.7 Å². The first kappa shape index (κ1) is 22.1. The molecule has 1 aromatic carbocycles. The van der Waals surface area contributed by atoms with E-state index < -0.39 is 9.84 Å². The standard InChI is InChI=1S/C20H28ClN3O4S/c1-29(27,28)14-13-22-9-11-23(12-10-22)20(26)17-3-2-8-24(15-17)19(25)16-4-6-18(21)7-5-16/h4-7,17H,2-3,8-15H2,1H3. The lowest BCUT2D eigenvalue weighted by Crippen LogP contribution is -2.53. The van der Waals surface area contributed by atoms with E-state index in [0.29, 0.717) is 56.4 Å². The smallest absolute Gasteiger partial charge is 0.253 e. The van der Waals surface area contributed by atoms with Crippen molar-refractivity contribution >= 4 is 33.3 Å². The summed E-state index contributed by atoms with van der Waals surface area (Å²) in [6.07, 6.45) is 2.84. The van der Waals surface area contributed by atoms with E-state index in [9.17, 15) is 18.0 Å². The van der Waals surface area contributed by atoms with Crippen LogP contribution < -0.4 is 0 Å². The molecule has 2 amide bonds. The van der Waals surface area contributed by atoms with Crippen LogP contribution in [0.15, 0.2) is 24.3 Å². The molecule has 0 radical (unpaired) electrons. The molecule has 0 saturated carbocycles. The highest BCUT2D eigenvalue weighted by molar-refractivity contribution is 7.90. The molecule has 2 aliphatic heterocycles. The molecule has 1 atom stereocenters. The van der Waals surface area contributed by atoms with Gasteiger partial charge in [-0.1, -0.05) is 11.6 Å². The van der Waals surface area contributed by atoms with Gasteiger partial charge >= 0.3 is 0 Å². The van der Waals surface area contributed by atoms with E-state index in [4.69, 9.17) is 11.6 Å². The normalized spacial score (nSPS) is 21.2. The van der Waals surface area contributed by atoms with Gasteiger partial charge in [-0.2, -0.15) is 0 Å². The SMILES string of the molecule is CS(=O)(=O)CCN1CCN(C(=O)C2CCCN(C(=O)c3ccc(Cl)cc3)C2)CC1. The molecule has 2 saturated heterocycles. The number of nitrogens with zero attached hydrogens (tertiary/aromatic N) is 3. The number of hydrogen-bond donors (Lipinski definition) is 0. The van der Waals surface area contributed by atoms with E-state index in [2.05, 4.69) is 4.90 Å². The van der Waals surface area contributed by atoms with Gasteiger partial charge in [-0.05, 0) is 37.1 Å². The third kappa shape index (κ3) is 6.17. The van der Waals surface area contributed by atoms with Crippen LogP contribution in [0.4, 0.5) is 0 Å². The molecule has 0 aromatic heterocycles. The van der Waals surface area contributed by atoms with Crippen molar-refractivity contribution in [2.45, 2.75) is 12.8 Å². The third-order valence-corrected chi connectivity index (χ3v) is 6.79. The second-order valence-electron chi connectivity index (χ2n) is 7.89. The molecule has 2 heterocycles. The van der Waals surface area contributed by atoms with Gasteiger partial charge in [0, 0.05) is 62.7 Å². The first-order chi connectivity index (χ1) is 13.7. The van der Waals surface area contributed by atoms with Gasteiger partial charge in [-0.3, -0.25) is 14.5 Å². The fraction of sp³-hybridized carbons (Fsp3) is 0.600. The fourth-order valence-electron chi connectivity index (χ4n) is 3.88. The summed E-state index contributed by atoms with van der Waals surface area (Å²) < 4.78 is 22.7. The lowest BCUT2D eigenvalue weighted by Gasteiger charge is -2.39. The van der Waals surface area contributed by atoms with Crippen LogP contribution in [0.25, 0.3) is 0 Å². The minimum absolute atomic E-state index is 0.0650. The first-order valence-corrected chi connectivity index (χ1v) is 12.4. The largest absolute Gasteiger partial charge is 0.340 e. The number of carbonyl (C=O) groups is 2. The lowest BCUT2D eigenvalue weighted by atomic mass is 9.95. The molecule has 1 aromatic rings. The number of piperazine rings is 1. The Bertz CT molecular complexity index is 836. The molecule has 0 aliphatic carbocycles. The summed E-state index contributed by atoms with van der Waals surface area (Å²) in [7, 11) is -2.98. The molecule has 29 heavy (non-hydrogen) atoms.